The molecule has 0 aliphatic rings. The predicted octanol–water partition coefficient (Wildman–Crippen LogP) is 0.764. The lowest BCUT2D eigenvalue weighted by molar-refractivity contribution is -0.128. The fraction of sp³-hybridized carbons (Fsp3) is 0.462. The van der Waals surface area contributed by atoms with Gasteiger partial charge in [0.2, 0.25) is 5.91 Å². The highest BCUT2D eigenvalue weighted by Gasteiger charge is 2.27. The van der Waals surface area contributed by atoms with E-state index in [4.69, 9.17) is 0 Å². The third-order valence-electron chi connectivity index (χ3n) is 2.87. The molecule has 0 radical (unpaired) electrons. The second-order valence-electron chi connectivity index (χ2n) is 4.95. The summed E-state index contributed by atoms with van der Waals surface area (Å²) in [5, 5.41) is 7.85. The van der Waals surface area contributed by atoms with E-state index in [1.165, 1.54) is 7.05 Å². The summed E-state index contributed by atoms with van der Waals surface area (Å²) in [5.74, 6) is -0.997. The molecule has 1 rings (SSSR count). The predicted molar refractivity (Wildman–Crippen MR) is 73.9 cm³/mol. The third-order valence-corrected chi connectivity index (χ3v) is 2.87. The summed E-state index contributed by atoms with van der Waals surface area (Å²) in [6.07, 6.45) is 1.02. The van der Waals surface area contributed by atoms with Gasteiger partial charge in [0.05, 0.1) is 17.2 Å². The fourth-order valence-electron chi connectivity index (χ4n) is 1.63. The van der Waals surface area contributed by atoms with Crippen LogP contribution >= 0.6 is 0 Å². The van der Waals surface area contributed by atoms with E-state index in [9.17, 15) is 14.0 Å². The number of amides is 2. The number of anilines is 1. The molecule has 20 heavy (non-hydrogen) atoms. The van der Waals surface area contributed by atoms with Crippen LogP contribution in [0.1, 0.15) is 24.2 Å². The van der Waals surface area contributed by atoms with Crippen LogP contribution < -0.4 is 16.0 Å². The van der Waals surface area contributed by atoms with Gasteiger partial charge in [-0.25, -0.2) is 9.37 Å². The van der Waals surface area contributed by atoms with Gasteiger partial charge >= 0.3 is 0 Å². The molecule has 0 aliphatic carbocycles. The molecule has 2 amide bonds. The Morgan fingerprint density at radius 1 is 1.35 bits per heavy atom. The van der Waals surface area contributed by atoms with Gasteiger partial charge in [-0.3, -0.25) is 9.59 Å². The first-order valence-electron chi connectivity index (χ1n) is 6.15. The minimum absolute atomic E-state index is 0.0974. The smallest absolute Gasteiger partial charge is 0.255 e. The number of carbonyl (C=O) groups is 2. The highest BCUT2D eigenvalue weighted by atomic mass is 19.1. The summed E-state index contributed by atoms with van der Waals surface area (Å²) < 4.78 is 13.2. The summed E-state index contributed by atoms with van der Waals surface area (Å²) in [7, 11) is 3.12. The lowest BCUT2D eigenvalue weighted by Crippen LogP contribution is -2.43. The molecule has 0 spiro atoms. The molecular weight excluding hydrogens is 263 g/mol. The van der Waals surface area contributed by atoms with Crippen LogP contribution in [0.2, 0.25) is 0 Å². The summed E-state index contributed by atoms with van der Waals surface area (Å²) in [5.41, 5.74) is -0.662. The Kier molecular flexibility index (Phi) is 5.01. The number of halogens is 1. The van der Waals surface area contributed by atoms with Crippen molar-refractivity contribution in [2.24, 2.45) is 5.41 Å². The quantitative estimate of drug-likeness (QED) is 0.744. The standard InChI is InChI=1S/C13H19FN4O2/c1-13(2,12(20)16-4)7-18-11(19)9-5-8(14)6-17-10(9)15-3/h5-6H,7H2,1-4H3,(H,15,17)(H,16,20)(H,18,19). The maximum absolute atomic E-state index is 13.2. The van der Waals surface area contributed by atoms with Gasteiger partial charge in [0.1, 0.15) is 11.6 Å². The van der Waals surface area contributed by atoms with Gasteiger partial charge in [0.25, 0.3) is 5.91 Å². The molecule has 0 aromatic carbocycles. The van der Waals surface area contributed by atoms with Crippen LogP contribution in [-0.2, 0) is 4.79 Å². The van der Waals surface area contributed by atoms with E-state index in [0.717, 1.165) is 12.3 Å². The van der Waals surface area contributed by atoms with Crippen LogP contribution in [0.5, 0.6) is 0 Å². The van der Waals surface area contributed by atoms with Crippen LogP contribution in [-0.4, -0.2) is 37.4 Å². The zero-order chi connectivity index (χ0) is 15.3. The summed E-state index contributed by atoms with van der Waals surface area (Å²) in [4.78, 5) is 27.4. The highest BCUT2D eigenvalue weighted by Crippen LogP contribution is 2.16. The molecule has 0 unspecified atom stereocenters. The topological polar surface area (TPSA) is 83.1 Å². The van der Waals surface area contributed by atoms with Crippen molar-refractivity contribution in [1.29, 1.82) is 0 Å². The van der Waals surface area contributed by atoms with Crippen molar-refractivity contribution < 1.29 is 14.0 Å². The van der Waals surface area contributed by atoms with E-state index in [-0.39, 0.29) is 23.8 Å². The average molecular weight is 282 g/mol. The first-order chi connectivity index (χ1) is 9.31. The monoisotopic (exact) mass is 282 g/mol. The minimum atomic E-state index is -0.759. The fourth-order valence-corrected chi connectivity index (χ4v) is 1.63. The van der Waals surface area contributed by atoms with Crippen LogP contribution in [0, 0.1) is 11.2 Å². The zero-order valence-electron chi connectivity index (χ0n) is 12.0. The van der Waals surface area contributed by atoms with Gasteiger partial charge in [-0.1, -0.05) is 0 Å². The molecule has 0 saturated carbocycles. The van der Waals surface area contributed by atoms with E-state index in [0.29, 0.717) is 0 Å². The van der Waals surface area contributed by atoms with Crippen LogP contribution in [0.25, 0.3) is 0 Å². The number of nitrogens with one attached hydrogen (secondary N) is 3. The first kappa shape index (κ1) is 15.9. The number of nitrogens with zero attached hydrogens (tertiary/aromatic N) is 1. The molecule has 1 aromatic rings. The Balaban J connectivity index is 2.82. The lowest BCUT2D eigenvalue weighted by atomic mass is 9.92. The number of carbonyl (C=O) groups excluding carboxylic acids is 2. The van der Waals surface area contributed by atoms with Crippen molar-refractivity contribution in [3.63, 3.8) is 0 Å². The van der Waals surface area contributed by atoms with Crippen molar-refractivity contribution in [2.75, 3.05) is 26.0 Å². The van der Waals surface area contributed by atoms with Crippen LogP contribution in [0.3, 0.4) is 0 Å². The van der Waals surface area contributed by atoms with Crippen molar-refractivity contribution in [3.05, 3.63) is 23.6 Å². The van der Waals surface area contributed by atoms with Gasteiger partial charge in [-0.15, -0.1) is 0 Å². The summed E-state index contributed by atoms with van der Waals surface area (Å²) in [6, 6.07) is 1.10. The maximum atomic E-state index is 13.2. The van der Waals surface area contributed by atoms with Gasteiger partial charge in [-0.05, 0) is 19.9 Å². The zero-order valence-corrected chi connectivity index (χ0v) is 12.0. The molecule has 0 saturated heterocycles. The molecule has 0 aliphatic heterocycles. The van der Waals surface area contributed by atoms with E-state index >= 15 is 0 Å². The Bertz CT molecular complexity index is 517. The van der Waals surface area contributed by atoms with Crippen molar-refractivity contribution in [2.45, 2.75) is 13.8 Å². The normalized spacial score (nSPS) is 10.8. The lowest BCUT2D eigenvalue weighted by Gasteiger charge is -2.23. The van der Waals surface area contributed by atoms with E-state index in [1.807, 2.05) is 0 Å². The molecule has 7 heteroatoms. The first-order valence-corrected chi connectivity index (χ1v) is 6.15. The van der Waals surface area contributed by atoms with Crippen molar-refractivity contribution in [1.82, 2.24) is 15.6 Å². The van der Waals surface area contributed by atoms with Gasteiger partial charge in [-0.2, -0.15) is 0 Å². The molecule has 0 bridgehead atoms. The number of pyridine rings is 1. The van der Waals surface area contributed by atoms with E-state index in [1.54, 1.807) is 20.9 Å². The minimum Gasteiger partial charge on any atom is -0.372 e. The Morgan fingerprint density at radius 2 is 2.00 bits per heavy atom. The average Bonchev–Trinajstić information content (AvgIpc) is 2.43. The Hall–Kier alpha value is -2.18. The van der Waals surface area contributed by atoms with Gasteiger partial charge < -0.3 is 16.0 Å². The molecule has 1 heterocycles. The number of rotatable bonds is 5. The largest absolute Gasteiger partial charge is 0.372 e. The molecule has 0 atom stereocenters. The molecular formula is C13H19FN4O2. The molecule has 6 nitrogen and oxygen atoms in total. The summed E-state index contributed by atoms with van der Waals surface area (Å²) in [6.45, 7) is 3.54. The number of aromatic nitrogens is 1. The van der Waals surface area contributed by atoms with E-state index in [2.05, 4.69) is 20.9 Å². The maximum Gasteiger partial charge on any atom is 0.255 e. The second kappa shape index (κ2) is 6.31. The van der Waals surface area contributed by atoms with Crippen molar-refractivity contribution in [3.8, 4) is 0 Å². The van der Waals surface area contributed by atoms with Gasteiger partial charge in [0, 0.05) is 20.6 Å². The second-order valence-corrected chi connectivity index (χ2v) is 4.95. The third kappa shape index (κ3) is 3.66. The van der Waals surface area contributed by atoms with Crippen molar-refractivity contribution >= 4 is 17.6 Å². The molecule has 1 aromatic heterocycles. The van der Waals surface area contributed by atoms with Gasteiger partial charge in [0.15, 0.2) is 0 Å². The number of hydrogen-bond donors (Lipinski definition) is 3. The molecule has 110 valence electrons. The van der Waals surface area contributed by atoms with Crippen LogP contribution in [0.15, 0.2) is 12.3 Å². The van der Waals surface area contributed by atoms with E-state index < -0.39 is 17.1 Å². The highest BCUT2D eigenvalue weighted by molar-refractivity contribution is 5.99. The van der Waals surface area contributed by atoms with Crippen LogP contribution in [0.4, 0.5) is 10.2 Å². The molecule has 3 N–H and O–H groups in total. The number of hydrogen-bond acceptors (Lipinski definition) is 4. The summed E-state index contributed by atoms with van der Waals surface area (Å²) >= 11 is 0. The molecule has 0 fully saturated rings. The Morgan fingerprint density at radius 3 is 2.55 bits per heavy atom. The SMILES string of the molecule is CNC(=O)C(C)(C)CNC(=O)c1cc(F)cnc1NC. The Labute approximate surface area is 117 Å².